The molecule has 1 aromatic carbocycles. The zero-order chi connectivity index (χ0) is 25.9. The molecule has 9 nitrogen and oxygen atoms in total. The lowest BCUT2D eigenvalue weighted by molar-refractivity contribution is -0.147. The van der Waals surface area contributed by atoms with Crippen molar-refractivity contribution in [3.8, 4) is 5.75 Å². The minimum Gasteiger partial charge on any atom is -0.497 e. The minimum absolute atomic E-state index is 0.0365. The maximum Gasteiger partial charge on any atom is 0.308 e. The number of aliphatic carboxylic acids is 1. The average Bonchev–Trinajstić information content (AvgIpc) is 3.34. The van der Waals surface area contributed by atoms with Crippen LogP contribution < -0.4 is 4.74 Å². The number of rotatable bonds is 10. The third-order valence-corrected chi connectivity index (χ3v) is 8.19. The Morgan fingerprint density at radius 2 is 2.14 bits per heavy atom. The second-order valence-electron chi connectivity index (χ2n) is 10.5. The molecule has 1 aliphatic heterocycles. The summed E-state index contributed by atoms with van der Waals surface area (Å²) < 4.78 is 10.8. The van der Waals surface area contributed by atoms with E-state index in [0.717, 1.165) is 66.8 Å². The highest BCUT2D eigenvalue weighted by Gasteiger charge is 2.42. The number of pyridine rings is 1. The number of aliphatic hydroxyl groups is 1. The molecule has 1 aliphatic carbocycles. The number of benzene rings is 1. The first kappa shape index (κ1) is 25.6. The molecule has 0 spiro atoms. The van der Waals surface area contributed by atoms with Crippen LogP contribution in [0.5, 0.6) is 5.75 Å². The fraction of sp³-hybridized carbons (Fsp3) is 0.571. The number of fused-ring (bicyclic) bond motifs is 1. The van der Waals surface area contributed by atoms with E-state index in [0.29, 0.717) is 31.2 Å². The molecule has 1 unspecified atom stereocenters. The molecule has 0 bridgehead atoms. The van der Waals surface area contributed by atoms with Gasteiger partial charge in [-0.05, 0) is 80.8 Å². The summed E-state index contributed by atoms with van der Waals surface area (Å²) in [4.78, 5) is 23.5. The zero-order valence-corrected chi connectivity index (χ0v) is 21.5. The van der Waals surface area contributed by atoms with E-state index in [9.17, 15) is 15.0 Å². The van der Waals surface area contributed by atoms with E-state index in [2.05, 4.69) is 26.9 Å². The Labute approximate surface area is 216 Å². The van der Waals surface area contributed by atoms with Crippen molar-refractivity contribution >= 4 is 16.9 Å². The van der Waals surface area contributed by atoms with Gasteiger partial charge in [0.2, 0.25) is 5.89 Å². The molecular formula is C28H36N4O5. The van der Waals surface area contributed by atoms with Gasteiger partial charge in [-0.2, -0.15) is 4.98 Å². The van der Waals surface area contributed by atoms with Gasteiger partial charge >= 0.3 is 5.97 Å². The fourth-order valence-electron chi connectivity index (χ4n) is 5.92. The Kier molecular flexibility index (Phi) is 7.71. The maximum absolute atomic E-state index is 12.2. The molecule has 3 heterocycles. The van der Waals surface area contributed by atoms with Gasteiger partial charge in [0.15, 0.2) is 5.82 Å². The quantitative estimate of drug-likeness (QED) is 0.411. The summed E-state index contributed by atoms with van der Waals surface area (Å²) in [7, 11) is 1.62. The van der Waals surface area contributed by atoms with Gasteiger partial charge in [0.05, 0.1) is 24.6 Å². The fourth-order valence-corrected chi connectivity index (χ4v) is 5.92. The number of nitrogens with zero attached hydrogens (tertiary/aromatic N) is 4. The standard InChI is InChI=1S/C28H36N4O5/c1-3-4-26-30-27(37-31-26)18-13-19(14-18)32-12-10-17(23(16-32)28(34)35)5-8-25(33)21-9-11-29-24-7-6-20(36-2)15-22(21)24/h6-7,9,11,15,17-19,23,25,33H,3-5,8,10,12-14,16H2,1-2H3,(H,34,35)/t17-,18?,19?,23+,25?/m1/s1. The van der Waals surface area contributed by atoms with Crippen molar-refractivity contribution in [1.29, 1.82) is 0 Å². The van der Waals surface area contributed by atoms with E-state index in [4.69, 9.17) is 9.26 Å². The number of carboxylic acid groups (broad SMARTS) is 1. The van der Waals surface area contributed by atoms with Gasteiger partial charge in [-0.1, -0.05) is 12.1 Å². The summed E-state index contributed by atoms with van der Waals surface area (Å²) in [5, 5.41) is 26.0. The van der Waals surface area contributed by atoms with Crippen LogP contribution in [0.4, 0.5) is 0 Å². The largest absolute Gasteiger partial charge is 0.497 e. The van der Waals surface area contributed by atoms with Crippen LogP contribution in [0, 0.1) is 11.8 Å². The summed E-state index contributed by atoms with van der Waals surface area (Å²) in [6, 6.07) is 7.83. The molecule has 3 aromatic rings. The number of carboxylic acids is 1. The van der Waals surface area contributed by atoms with Crippen LogP contribution in [0.25, 0.3) is 10.9 Å². The normalized spacial score (nSPS) is 25.1. The summed E-state index contributed by atoms with van der Waals surface area (Å²) in [5.41, 5.74) is 1.60. The minimum atomic E-state index is -0.750. The smallest absolute Gasteiger partial charge is 0.308 e. The molecule has 2 fully saturated rings. The number of hydrogen-bond donors (Lipinski definition) is 2. The second kappa shape index (κ2) is 11.1. The lowest BCUT2D eigenvalue weighted by Crippen LogP contribution is -2.52. The molecule has 2 N–H and O–H groups in total. The van der Waals surface area contributed by atoms with E-state index in [-0.39, 0.29) is 11.8 Å². The topological polar surface area (TPSA) is 122 Å². The Hall–Kier alpha value is -3.04. The molecule has 2 aliphatic rings. The number of carbonyl (C=O) groups is 1. The first-order chi connectivity index (χ1) is 18.0. The van der Waals surface area contributed by atoms with Gasteiger partial charge in [-0.25, -0.2) is 0 Å². The lowest BCUT2D eigenvalue weighted by Gasteiger charge is -2.46. The summed E-state index contributed by atoms with van der Waals surface area (Å²) in [6.07, 6.45) is 6.68. The Morgan fingerprint density at radius 1 is 1.30 bits per heavy atom. The number of hydrogen-bond acceptors (Lipinski definition) is 8. The van der Waals surface area contributed by atoms with Crippen LogP contribution in [-0.4, -0.2) is 62.4 Å². The molecule has 198 valence electrons. The van der Waals surface area contributed by atoms with Crippen molar-refractivity contribution in [3.63, 3.8) is 0 Å². The molecule has 1 saturated heterocycles. The first-order valence-electron chi connectivity index (χ1n) is 13.4. The van der Waals surface area contributed by atoms with Crippen molar-refractivity contribution in [3.05, 3.63) is 47.7 Å². The average molecular weight is 509 g/mol. The van der Waals surface area contributed by atoms with E-state index in [1.54, 1.807) is 13.3 Å². The zero-order valence-electron chi connectivity index (χ0n) is 21.5. The SMILES string of the molecule is CCCc1noc(C2CC(N3CC[C@@H](CCC(O)c4ccnc5ccc(OC)cc45)[C@@H](C(=O)O)C3)C2)n1. The van der Waals surface area contributed by atoms with Crippen LogP contribution in [0.3, 0.4) is 0 Å². The van der Waals surface area contributed by atoms with Gasteiger partial charge < -0.3 is 19.5 Å². The number of piperidine rings is 1. The van der Waals surface area contributed by atoms with Crippen molar-refractivity contribution in [2.45, 2.75) is 69.9 Å². The van der Waals surface area contributed by atoms with Gasteiger partial charge in [0, 0.05) is 36.5 Å². The Bertz CT molecular complexity index is 1220. The summed E-state index contributed by atoms with van der Waals surface area (Å²) in [5.74, 6) is 1.33. The van der Waals surface area contributed by atoms with Crippen LogP contribution in [0.15, 0.2) is 35.0 Å². The number of aliphatic hydroxyl groups excluding tert-OH is 1. The van der Waals surface area contributed by atoms with Gasteiger partial charge in [-0.15, -0.1) is 0 Å². The Balaban J connectivity index is 1.17. The number of likely N-dealkylation sites (tertiary alicyclic amines) is 1. The predicted octanol–water partition coefficient (Wildman–Crippen LogP) is 4.36. The lowest BCUT2D eigenvalue weighted by atomic mass is 9.75. The van der Waals surface area contributed by atoms with Gasteiger partial charge in [0.25, 0.3) is 0 Å². The molecular weight excluding hydrogens is 472 g/mol. The van der Waals surface area contributed by atoms with E-state index < -0.39 is 18.0 Å². The maximum atomic E-state index is 12.2. The third kappa shape index (κ3) is 5.48. The second-order valence-corrected chi connectivity index (χ2v) is 10.5. The molecule has 3 atom stereocenters. The van der Waals surface area contributed by atoms with Crippen molar-refractivity contribution in [1.82, 2.24) is 20.0 Å². The van der Waals surface area contributed by atoms with Crippen LogP contribution >= 0.6 is 0 Å². The molecule has 0 radical (unpaired) electrons. The molecule has 9 heteroatoms. The molecule has 1 saturated carbocycles. The van der Waals surface area contributed by atoms with Crippen molar-refractivity contribution < 1.29 is 24.3 Å². The third-order valence-electron chi connectivity index (χ3n) is 8.19. The van der Waals surface area contributed by atoms with Crippen molar-refractivity contribution in [2.75, 3.05) is 20.2 Å². The molecule has 2 aromatic heterocycles. The highest BCUT2D eigenvalue weighted by molar-refractivity contribution is 5.83. The van der Waals surface area contributed by atoms with Crippen molar-refractivity contribution in [2.24, 2.45) is 11.8 Å². The highest BCUT2D eigenvalue weighted by Crippen LogP contribution is 2.42. The molecule has 5 rings (SSSR count). The predicted molar refractivity (Wildman–Crippen MR) is 137 cm³/mol. The van der Waals surface area contributed by atoms with Crippen LogP contribution in [0.1, 0.15) is 74.7 Å². The first-order valence-corrected chi connectivity index (χ1v) is 13.4. The van der Waals surface area contributed by atoms with E-state index in [1.165, 1.54) is 0 Å². The number of ether oxygens (including phenoxy) is 1. The summed E-state index contributed by atoms with van der Waals surface area (Å²) in [6.45, 7) is 3.52. The van der Waals surface area contributed by atoms with Gasteiger partial charge in [0.1, 0.15) is 5.75 Å². The summed E-state index contributed by atoms with van der Waals surface area (Å²) >= 11 is 0. The van der Waals surface area contributed by atoms with E-state index in [1.807, 2.05) is 24.3 Å². The highest BCUT2D eigenvalue weighted by atomic mass is 16.5. The molecule has 37 heavy (non-hydrogen) atoms. The number of aromatic nitrogens is 3. The van der Waals surface area contributed by atoms with E-state index >= 15 is 0 Å². The van der Waals surface area contributed by atoms with Crippen LogP contribution in [-0.2, 0) is 11.2 Å². The monoisotopic (exact) mass is 508 g/mol. The Morgan fingerprint density at radius 3 is 2.89 bits per heavy atom. The number of aryl methyl sites for hydroxylation is 1. The van der Waals surface area contributed by atoms with Gasteiger partial charge in [-0.3, -0.25) is 14.7 Å². The van der Waals surface area contributed by atoms with Crippen LogP contribution in [0.2, 0.25) is 0 Å². The molecule has 0 amide bonds. The number of methoxy groups -OCH3 is 1.